The lowest BCUT2D eigenvalue weighted by atomic mass is 10.0. The number of methoxy groups -OCH3 is 3. The molecule has 6 heteroatoms. The van der Waals surface area contributed by atoms with Gasteiger partial charge in [-0.05, 0) is 12.1 Å². The van der Waals surface area contributed by atoms with E-state index in [1.807, 2.05) is 60.7 Å². The third-order valence-electron chi connectivity index (χ3n) is 4.31. The van der Waals surface area contributed by atoms with E-state index < -0.39 is 5.91 Å². The van der Waals surface area contributed by atoms with Gasteiger partial charge in [0, 0.05) is 11.1 Å². The van der Waals surface area contributed by atoms with E-state index in [0.29, 0.717) is 17.2 Å². The molecule has 6 nitrogen and oxygen atoms in total. The van der Waals surface area contributed by atoms with Crippen molar-refractivity contribution in [2.75, 3.05) is 21.3 Å². The van der Waals surface area contributed by atoms with Crippen molar-refractivity contribution in [3.05, 3.63) is 89.5 Å². The zero-order valence-electron chi connectivity index (χ0n) is 16.5. The van der Waals surface area contributed by atoms with E-state index in [1.165, 1.54) is 21.3 Å². The highest BCUT2D eigenvalue weighted by molar-refractivity contribution is 6.13. The van der Waals surface area contributed by atoms with Gasteiger partial charge in [-0.15, -0.1) is 0 Å². The Morgan fingerprint density at radius 2 is 1.28 bits per heavy atom. The molecule has 0 fully saturated rings. The number of hydrogen-bond acceptors (Lipinski definition) is 5. The standard InChI is InChI=1S/C23H22N2O4/c1-27-19-15-14-18(21(28-2)22(19)29-3)23(26)25-24-20(16-10-6-4-7-11-16)17-12-8-5-9-13-17/h4-15H,1-3H3,(H,25,26). The quantitative estimate of drug-likeness (QED) is 0.491. The Morgan fingerprint density at radius 1 is 0.724 bits per heavy atom. The first-order valence-corrected chi connectivity index (χ1v) is 8.97. The first kappa shape index (κ1) is 19.9. The molecule has 3 aromatic rings. The highest BCUT2D eigenvalue weighted by Crippen LogP contribution is 2.39. The SMILES string of the molecule is COc1ccc(C(=O)NN=C(c2ccccc2)c2ccccc2)c(OC)c1OC. The lowest BCUT2D eigenvalue weighted by molar-refractivity contribution is 0.0951. The Kier molecular flexibility index (Phi) is 6.47. The second kappa shape index (κ2) is 9.41. The van der Waals surface area contributed by atoms with Crippen molar-refractivity contribution in [3.8, 4) is 17.2 Å². The normalized spacial score (nSPS) is 10.0. The van der Waals surface area contributed by atoms with E-state index >= 15 is 0 Å². The van der Waals surface area contributed by atoms with Crippen LogP contribution in [0.4, 0.5) is 0 Å². The highest BCUT2D eigenvalue weighted by atomic mass is 16.5. The van der Waals surface area contributed by atoms with Gasteiger partial charge in [-0.3, -0.25) is 4.79 Å². The Balaban J connectivity index is 1.97. The minimum Gasteiger partial charge on any atom is -0.493 e. The molecule has 0 radical (unpaired) electrons. The van der Waals surface area contributed by atoms with Gasteiger partial charge in [-0.2, -0.15) is 5.10 Å². The molecule has 3 rings (SSSR count). The molecule has 0 saturated heterocycles. The van der Waals surface area contributed by atoms with E-state index in [4.69, 9.17) is 14.2 Å². The molecule has 0 heterocycles. The number of hydrogen-bond donors (Lipinski definition) is 1. The third kappa shape index (κ3) is 4.38. The molecule has 3 aromatic carbocycles. The largest absolute Gasteiger partial charge is 0.493 e. The van der Waals surface area contributed by atoms with Gasteiger partial charge in [-0.25, -0.2) is 5.43 Å². The van der Waals surface area contributed by atoms with Crippen LogP contribution in [0.2, 0.25) is 0 Å². The molecule has 0 spiro atoms. The monoisotopic (exact) mass is 390 g/mol. The Labute approximate surface area is 169 Å². The number of carbonyl (C=O) groups excluding carboxylic acids is 1. The van der Waals surface area contributed by atoms with Crippen molar-refractivity contribution in [2.24, 2.45) is 5.10 Å². The molecule has 1 amide bonds. The van der Waals surface area contributed by atoms with Crippen LogP contribution in [0.25, 0.3) is 0 Å². The second-order valence-electron chi connectivity index (χ2n) is 6.02. The summed E-state index contributed by atoms with van der Waals surface area (Å²) in [6.45, 7) is 0. The number of rotatable bonds is 7. The van der Waals surface area contributed by atoms with Gasteiger partial charge >= 0.3 is 0 Å². The number of ether oxygens (including phenoxy) is 3. The van der Waals surface area contributed by atoms with Crippen molar-refractivity contribution in [3.63, 3.8) is 0 Å². The Hall–Kier alpha value is -3.80. The van der Waals surface area contributed by atoms with E-state index in [-0.39, 0.29) is 11.3 Å². The fraction of sp³-hybridized carbons (Fsp3) is 0.130. The third-order valence-corrected chi connectivity index (χ3v) is 4.31. The zero-order valence-corrected chi connectivity index (χ0v) is 16.5. The first-order valence-electron chi connectivity index (χ1n) is 8.97. The minimum atomic E-state index is -0.424. The number of nitrogens with one attached hydrogen (secondary N) is 1. The molecule has 0 aliphatic heterocycles. The molecule has 0 unspecified atom stereocenters. The summed E-state index contributed by atoms with van der Waals surface area (Å²) in [4.78, 5) is 12.9. The van der Waals surface area contributed by atoms with Crippen molar-refractivity contribution in [2.45, 2.75) is 0 Å². The molecule has 0 bridgehead atoms. The van der Waals surface area contributed by atoms with Gasteiger partial charge in [-0.1, -0.05) is 60.7 Å². The van der Waals surface area contributed by atoms with Gasteiger partial charge in [0.15, 0.2) is 11.5 Å². The zero-order chi connectivity index (χ0) is 20.6. The number of benzene rings is 3. The summed E-state index contributed by atoms with van der Waals surface area (Å²) in [7, 11) is 4.48. The van der Waals surface area contributed by atoms with E-state index in [2.05, 4.69) is 10.5 Å². The smallest absolute Gasteiger partial charge is 0.275 e. The predicted octanol–water partition coefficient (Wildman–Crippen LogP) is 3.89. The van der Waals surface area contributed by atoms with E-state index in [1.54, 1.807) is 12.1 Å². The topological polar surface area (TPSA) is 69.2 Å². The summed E-state index contributed by atoms with van der Waals surface area (Å²) in [5.74, 6) is 0.671. The van der Waals surface area contributed by atoms with Gasteiger partial charge in [0.25, 0.3) is 5.91 Å². The Bertz CT molecular complexity index is 961. The summed E-state index contributed by atoms with van der Waals surface area (Å²) in [6, 6.07) is 22.6. The maximum Gasteiger partial charge on any atom is 0.275 e. The minimum absolute atomic E-state index is 0.278. The average Bonchev–Trinajstić information content (AvgIpc) is 2.79. The molecule has 0 atom stereocenters. The van der Waals surface area contributed by atoms with Gasteiger partial charge in [0.1, 0.15) is 0 Å². The maximum atomic E-state index is 12.9. The van der Waals surface area contributed by atoms with Crippen molar-refractivity contribution in [1.82, 2.24) is 5.43 Å². The fourth-order valence-corrected chi connectivity index (χ4v) is 2.93. The first-order chi connectivity index (χ1) is 14.2. The van der Waals surface area contributed by atoms with Crippen LogP contribution >= 0.6 is 0 Å². The lowest BCUT2D eigenvalue weighted by Crippen LogP contribution is -2.21. The predicted molar refractivity (Wildman–Crippen MR) is 112 cm³/mol. The second-order valence-corrected chi connectivity index (χ2v) is 6.02. The summed E-state index contributed by atoms with van der Waals surface area (Å²) in [5.41, 5.74) is 5.35. The van der Waals surface area contributed by atoms with E-state index in [9.17, 15) is 4.79 Å². The number of carbonyl (C=O) groups is 1. The molecule has 0 aliphatic carbocycles. The molecule has 1 N–H and O–H groups in total. The maximum absolute atomic E-state index is 12.9. The number of hydrazone groups is 1. The van der Waals surface area contributed by atoms with Crippen molar-refractivity contribution < 1.29 is 19.0 Å². The van der Waals surface area contributed by atoms with E-state index in [0.717, 1.165) is 11.1 Å². The van der Waals surface area contributed by atoms with Crippen LogP contribution in [0.3, 0.4) is 0 Å². The Morgan fingerprint density at radius 3 is 1.76 bits per heavy atom. The molecule has 0 aromatic heterocycles. The van der Waals surface area contributed by atoms with Crippen LogP contribution in [0.1, 0.15) is 21.5 Å². The van der Waals surface area contributed by atoms with Crippen LogP contribution in [-0.2, 0) is 0 Å². The molecular weight excluding hydrogens is 368 g/mol. The summed E-state index contributed by atoms with van der Waals surface area (Å²) in [5, 5.41) is 4.40. The molecular formula is C23H22N2O4. The van der Waals surface area contributed by atoms with Crippen molar-refractivity contribution in [1.29, 1.82) is 0 Å². The summed E-state index contributed by atoms with van der Waals surface area (Å²) in [6.07, 6.45) is 0. The molecule has 0 aliphatic rings. The fourth-order valence-electron chi connectivity index (χ4n) is 2.93. The molecule has 0 saturated carbocycles. The van der Waals surface area contributed by atoms with Crippen LogP contribution in [0.15, 0.2) is 77.9 Å². The van der Waals surface area contributed by atoms with Crippen molar-refractivity contribution >= 4 is 11.6 Å². The summed E-state index contributed by atoms with van der Waals surface area (Å²) < 4.78 is 16.0. The van der Waals surface area contributed by atoms with Crippen LogP contribution < -0.4 is 19.6 Å². The number of amides is 1. The average molecular weight is 390 g/mol. The van der Waals surface area contributed by atoms with Crippen LogP contribution in [0, 0.1) is 0 Å². The van der Waals surface area contributed by atoms with Gasteiger partial charge in [0.2, 0.25) is 5.75 Å². The summed E-state index contributed by atoms with van der Waals surface area (Å²) >= 11 is 0. The lowest BCUT2D eigenvalue weighted by Gasteiger charge is -2.15. The van der Waals surface area contributed by atoms with Crippen LogP contribution in [0.5, 0.6) is 17.2 Å². The van der Waals surface area contributed by atoms with Crippen LogP contribution in [-0.4, -0.2) is 32.9 Å². The molecule has 29 heavy (non-hydrogen) atoms. The number of nitrogens with zero attached hydrogens (tertiary/aromatic N) is 1. The van der Waals surface area contributed by atoms with Gasteiger partial charge < -0.3 is 14.2 Å². The highest BCUT2D eigenvalue weighted by Gasteiger charge is 2.20. The molecule has 148 valence electrons. The van der Waals surface area contributed by atoms with Gasteiger partial charge in [0.05, 0.1) is 32.6 Å².